The predicted molar refractivity (Wildman–Crippen MR) is 109 cm³/mol. The summed E-state index contributed by atoms with van der Waals surface area (Å²) in [5.74, 6) is -0.0909. The molecule has 0 aliphatic rings. The molecule has 0 saturated carbocycles. The van der Waals surface area contributed by atoms with Crippen LogP contribution in [0.4, 0.5) is 0 Å². The minimum Gasteiger partial charge on any atom is -0.379 e. The quantitative estimate of drug-likeness (QED) is 0.623. The van der Waals surface area contributed by atoms with Gasteiger partial charge in [0.1, 0.15) is 5.60 Å². The number of benzene rings is 1. The maximum absolute atomic E-state index is 12.9. The lowest BCUT2D eigenvalue weighted by molar-refractivity contribution is 0.0580. The van der Waals surface area contributed by atoms with Crippen LogP contribution in [0.15, 0.2) is 52.5 Å². The fraction of sp³-hybridized carbons (Fsp3) is 0.500. The third-order valence-corrected chi connectivity index (χ3v) is 6.85. The van der Waals surface area contributed by atoms with E-state index in [4.69, 9.17) is 11.6 Å². The van der Waals surface area contributed by atoms with Gasteiger partial charge < -0.3 is 5.11 Å². The summed E-state index contributed by atoms with van der Waals surface area (Å²) in [5.41, 5.74) is 0.00715. The molecule has 1 aromatic rings. The van der Waals surface area contributed by atoms with Crippen molar-refractivity contribution in [3.63, 3.8) is 0 Å². The average Bonchev–Trinajstić information content (AvgIpc) is 2.63. The molecule has 0 unspecified atom stereocenters. The summed E-state index contributed by atoms with van der Waals surface area (Å²) in [6.45, 7) is 11.2. The van der Waals surface area contributed by atoms with Crippen molar-refractivity contribution in [2.24, 2.45) is 5.92 Å². The van der Waals surface area contributed by atoms with Gasteiger partial charge in [0.15, 0.2) is 0 Å². The van der Waals surface area contributed by atoms with Crippen molar-refractivity contribution in [3.05, 3.63) is 52.6 Å². The van der Waals surface area contributed by atoms with E-state index in [0.717, 1.165) is 0 Å². The molecule has 0 heterocycles. The van der Waals surface area contributed by atoms with Crippen molar-refractivity contribution in [2.45, 2.75) is 64.5 Å². The molecule has 2 atom stereocenters. The number of hydrogen-bond acceptors (Lipinski definition) is 3. The van der Waals surface area contributed by atoms with Crippen LogP contribution < -0.4 is 4.72 Å². The smallest absolute Gasteiger partial charge is 0.240 e. The van der Waals surface area contributed by atoms with Crippen molar-refractivity contribution in [2.75, 3.05) is 0 Å². The van der Waals surface area contributed by atoms with Gasteiger partial charge >= 0.3 is 0 Å². The van der Waals surface area contributed by atoms with Crippen LogP contribution in [0.2, 0.25) is 5.02 Å². The Labute approximate surface area is 163 Å². The first-order valence-electron chi connectivity index (χ1n) is 8.81. The number of allylic oxidation sites excluding steroid dienone is 2. The SMILES string of the molecule is C/C=C(\C)C(O)(/C(C)=C/C)[C@@H](NS(=O)(=O)c1ccc(Cl)cc1)[C@@H](C)CC. The first kappa shape index (κ1) is 22.9. The van der Waals surface area contributed by atoms with Gasteiger partial charge in [-0.3, -0.25) is 0 Å². The number of nitrogens with one attached hydrogen (secondary N) is 1. The Morgan fingerprint density at radius 3 is 2.04 bits per heavy atom. The van der Waals surface area contributed by atoms with E-state index in [9.17, 15) is 13.5 Å². The molecule has 0 spiro atoms. The second-order valence-electron chi connectivity index (χ2n) is 6.65. The highest BCUT2D eigenvalue weighted by Gasteiger charge is 2.44. The Bertz CT molecular complexity index is 749. The molecule has 0 fully saturated rings. The zero-order valence-corrected chi connectivity index (χ0v) is 17.9. The minimum absolute atomic E-state index is 0.0909. The van der Waals surface area contributed by atoms with Gasteiger partial charge in [-0.2, -0.15) is 0 Å². The Kier molecular flexibility index (Phi) is 8.08. The fourth-order valence-electron chi connectivity index (χ4n) is 2.94. The summed E-state index contributed by atoms with van der Waals surface area (Å²) < 4.78 is 28.6. The first-order valence-corrected chi connectivity index (χ1v) is 10.7. The van der Waals surface area contributed by atoms with E-state index in [1.165, 1.54) is 24.3 Å². The third kappa shape index (κ3) is 4.77. The monoisotopic (exact) mass is 399 g/mol. The normalized spacial score (nSPS) is 18.3. The van der Waals surface area contributed by atoms with Gasteiger partial charge in [-0.1, -0.05) is 44.0 Å². The van der Waals surface area contributed by atoms with Crippen LogP contribution in [0.1, 0.15) is 48.0 Å². The van der Waals surface area contributed by atoms with Crippen LogP contribution >= 0.6 is 11.6 Å². The number of halogens is 1. The van der Waals surface area contributed by atoms with E-state index < -0.39 is 21.7 Å². The second kappa shape index (κ2) is 9.18. The molecule has 6 heteroatoms. The average molecular weight is 400 g/mol. The van der Waals surface area contributed by atoms with E-state index in [1.54, 1.807) is 0 Å². The molecule has 4 nitrogen and oxygen atoms in total. The fourth-order valence-corrected chi connectivity index (χ4v) is 4.43. The predicted octanol–water partition coefficient (Wildman–Crippen LogP) is 4.70. The molecule has 1 rings (SSSR count). The standard InChI is InChI=1S/C20H30ClNO3S/c1-7-14(4)19(20(23,15(5)8-2)16(6)9-3)22-26(24,25)18-12-10-17(21)11-13-18/h8-14,19,22-23H,7H2,1-6H3/b15-8+,16-9+/t14-,19-/m0/s1. The molecule has 1 aromatic carbocycles. The van der Waals surface area contributed by atoms with E-state index in [1.807, 2.05) is 53.7 Å². The van der Waals surface area contributed by atoms with Gasteiger partial charge in [-0.15, -0.1) is 0 Å². The van der Waals surface area contributed by atoms with Crippen LogP contribution in [0.5, 0.6) is 0 Å². The Morgan fingerprint density at radius 2 is 1.65 bits per heavy atom. The number of aliphatic hydroxyl groups is 1. The van der Waals surface area contributed by atoms with Gasteiger partial charge in [0.2, 0.25) is 10.0 Å². The maximum atomic E-state index is 12.9. The van der Waals surface area contributed by atoms with E-state index >= 15 is 0 Å². The van der Waals surface area contributed by atoms with Crippen LogP contribution in [0.25, 0.3) is 0 Å². The summed E-state index contributed by atoms with van der Waals surface area (Å²) in [7, 11) is -3.82. The molecule has 0 bridgehead atoms. The largest absolute Gasteiger partial charge is 0.379 e. The molecule has 26 heavy (non-hydrogen) atoms. The lowest BCUT2D eigenvalue weighted by atomic mass is 9.75. The minimum atomic E-state index is -3.82. The van der Waals surface area contributed by atoms with Gasteiger partial charge in [0.25, 0.3) is 0 Å². The Balaban J connectivity index is 3.48. The molecule has 0 aliphatic carbocycles. The molecular weight excluding hydrogens is 370 g/mol. The highest BCUT2D eigenvalue weighted by molar-refractivity contribution is 7.89. The van der Waals surface area contributed by atoms with Crippen LogP contribution in [-0.4, -0.2) is 25.2 Å². The number of hydrogen-bond donors (Lipinski definition) is 2. The molecule has 2 N–H and O–H groups in total. The molecule has 146 valence electrons. The number of sulfonamides is 1. The highest BCUT2D eigenvalue weighted by Crippen LogP contribution is 2.35. The van der Waals surface area contributed by atoms with Gasteiger partial charge in [-0.25, -0.2) is 13.1 Å². The van der Waals surface area contributed by atoms with Crippen molar-refractivity contribution in [1.29, 1.82) is 0 Å². The first-order chi connectivity index (χ1) is 12.0. The number of rotatable bonds is 8. The van der Waals surface area contributed by atoms with Gasteiger partial charge in [0, 0.05) is 5.02 Å². The van der Waals surface area contributed by atoms with Crippen LogP contribution in [0.3, 0.4) is 0 Å². The van der Waals surface area contributed by atoms with E-state index in [-0.39, 0.29) is 10.8 Å². The van der Waals surface area contributed by atoms with Gasteiger partial charge in [0.05, 0.1) is 10.9 Å². The topological polar surface area (TPSA) is 66.4 Å². The Hall–Kier alpha value is -1.14. The summed E-state index contributed by atoms with van der Waals surface area (Å²) >= 11 is 5.86. The van der Waals surface area contributed by atoms with Gasteiger partial charge in [-0.05, 0) is 69.0 Å². The lowest BCUT2D eigenvalue weighted by Gasteiger charge is -2.41. The van der Waals surface area contributed by atoms with E-state index in [0.29, 0.717) is 22.6 Å². The Morgan fingerprint density at radius 1 is 1.19 bits per heavy atom. The summed E-state index contributed by atoms with van der Waals surface area (Å²) in [4.78, 5) is 0.119. The highest BCUT2D eigenvalue weighted by atomic mass is 35.5. The molecule has 0 radical (unpaired) electrons. The van der Waals surface area contributed by atoms with Crippen molar-refractivity contribution in [3.8, 4) is 0 Å². The second-order valence-corrected chi connectivity index (χ2v) is 8.80. The third-order valence-electron chi connectivity index (χ3n) is 5.14. The molecule has 0 aliphatic heterocycles. The lowest BCUT2D eigenvalue weighted by Crippen LogP contribution is -2.57. The summed E-state index contributed by atoms with van der Waals surface area (Å²) in [5, 5.41) is 12.0. The van der Waals surface area contributed by atoms with Crippen molar-refractivity contribution < 1.29 is 13.5 Å². The van der Waals surface area contributed by atoms with Crippen molar-refractivity contribution >= 4 is 21.6 Å². The zero-order valence-electron chi connectivity index (χ0n) is 16.4. The molecule has 0 aromatic heterocycles. The van der Waals surface area contributed by atoms with Crippen LogP contribution in [-0.2, 0) is 10.0 Å². The van der Waals surface area contributed by atoms with Crippen LogP contribution in [0, 0.1) is 5.92 Å². The molecule has 0 saturated heterocycles. The molecule has 0 amide bonds. The maximum Gasteiger partial charge on any atom is 0.240 e. The summed E-state index contributed by atoms with van der Waals surface area (Å²) in [6, 6.07) is 5.29. The zero-order chi connectivity index (χ0) is 20.1. The molecular formula is C20H30ClNO3S. The van der Waals surface area contributed by atoms with E-state index in [2.05, 4.69) is 4.72 Å². The summed E-state index contributed by atoms with van der Waals surface area (Å²) in [6.07, 6.45) is 4.35. The van der Waals surface area contributed by atoms with Crippen molar-refractivity contribution in [1.82, 2.24) is 4.72 Å².